The van der Waals surface area contributed by atoms with Gasteiger partial charge in [-0.3, -0.25) is 9.59 Å². The van der Waals surface area contributed by atoms with E-state index in [0.29, 0.717) is 25.7 Å². The van der Waals surface area contributed by atoms with Crippen LogP contribution in [0.3, 0.4) is 0 Å². The van der Waals surface area contributed by atoms with Gasteiger partial charge in [-0.2, -0.15) is 0 Å². The fraction of sp³-hybridized carbons (Fsp3) is 0.643. The van der Waals surface area contributed by atoms with Crippen molar-refractivity contribution in [2.24, 2.45) is 16.7 Å². The zero-order valence-corrected chi connectivity index (χ0v) is 21.7. The minimum absolute atomic E-state index is 0.0933. The number of aryl methyl sites for hydroxylation is 1. The predicted octanol–water partition coefficient (Wildman–Crippen LogP) is 6.75. The molecule has 1 atom stereocenters. The van der Waals surface area contributed by atoms with Crippen LogP contribution in [-0.2, 0) is 21.4 Å². The molecule has 3 aliphatic carbocycles. The third-order valence-corrected chi connectivity index (χ3v) is 8.86. The molecule has 0 unspecified atom stereocenters. The average Bonchev–Trinajstić information content (AvgIpc) is 3.24. The summed E-state index contributed by atoms with van der Waals surface area (Å²) in [4.78, 5) is 27.2. The Morgan fingerprint density at radius 2 is 1.88 bits per heavy atom. The fourth-order valence-electron chi connectivity index (χ4n) is 6.49. The largest absolute Gasteiger partial charge is 0.481 e. The van der Waals surface area contributed by atoms with Crippen molar-refractivity contribution in [2.45, 2.75) is 97.4 Å². The molecule has 1 amide bonds. The van der Waals surface area contributed by atoms with Crippen LogP contribution in [0.2, 0.25) is 5.02 Å². The quantitative estimate of drug-likeness (QED) is 0.499. The third kappa shape index (κ3) is 4.03. The molecule has 0 radical (unpaired) electrons. The molecule has 1 aromatic rings. The van der Waals surface area contributed by atoms with Crippen LogP contribution in [0.4, 0.5) is 0 Å². The maximum Gasteiger partial charge on any atom is 0.309 e. The Morgan fingerprint density at radius 3 is 2.39 bits per heavy atom. The molecule has 1 N–H and O–H groups in total. The zero-order valence-electron chi connectivity index (χ0n) is 20.9. The summed E-state index contributed by atoms with van der Waals surface area (Å²) in [5.41, 5.74) is 2.35. The van der Waals surface area contributed by atoms with Crippen LogP contribution < -0.4 is 0 Å². The molecule has 0 saturated heterocycles. The molecule has 0 aromatic heterocycles. The first-order valence-electron chi connectivity index (χ1n) is 12.3. The van der Waals surface area contributed by atoms with E-state index < -0.39 is 16.8 Å². The number of carboxylic acid groups (broad SMARTS) is 1. The van der Waals surface area contributed by atoms with Gasteiger partial charge in [0.15, 0.2) is 0 Å². The molecule has 2 bridgehead atoms. The van der Waals surface area contributed by atoms with Crippen LogP contribution in [0.15, 0.2) is 30.0 Å². The Bertz CT molecular complexity index is 1010. The van der Waals surface area contributed by atoms with Gasteiger partial charge in [-0.25, -0.2) is 0 Å². The summed E-state index contributed by atoms with van der Waals surface area (Å²) in [6.07, 6.45) is 7.05. The van der Waals surface area contributed by atoms with Crippen molar-refractivity contribution in [3.05, 3.63) is 46.1 Å². The van der Waals surface area contributed by atoms with E-state index in [1.54, 1.807) is 0 Å². The van der Waals surface area contributed by atoms with Gasteiger partial charge in [-0.1, -0.05) is 65.3 Å². The number of benzene rings is 1. The molecule has 1 heterocycles. The van der Waals surface area contributed by atoms with Crippen LogP contribution >= 0.6 is 11.6 Å². The number of amides is 1. The number of carboxylic acids is 1. The zero-order chi connectivity index (χ0) is 24.4. The standard InChI is InChI=1S/C28H38ClNO3/c1-18(2)21-15-30(28-12-11-27(16-28,17-28)24(32)33)23(31)14-26(21,6)20-8-7-19(22(29)13-20)9-10-25(3,4)5/h7-8,13,15,18H,9-12,14,16-17H2,1-6H3,(H,32,33)/t26-,27?,28?/m0/s1. The summed E-state index contributed by atoms with van der Waals surface area (Å²) in [5.74, 6) is -0.359. The molecule has 3 saturated carbocycles. The molecule has 4 nitrogen and oxygen atoms in total. The van der Waals surface area contributed by atoms with Crippen molar-refractivity contribution in [1.82, 2.24) is 4.90 Å². The maximum atomic E-state index is 13.5. The van der Waals surface area contributed by atoms with Gasteiger partial charge >= 0.3 is 5.97 Å². The molecule has 5 rings (SSSR count). The Kier molecular flexibility index (Phi) is 5.80. The van der Waals surface area contributed by atoms with Gasteiger partial charge in [0.05, 0.1) is 5.41 Å². The highest BCUT2D eigenvalue weighted by Crippen LogP contribution is 2.65. The maximum absolute atomic E-state index is 13.5. The highest BCUT2D eigenvalue weighted by Gasteiger charge is 2.68. The van der Waals surface area contributed by atoms with E-state index >= 15 is 0 Å². The lowest BCUT2D eigenvalue weighted by atomic mass is 9.62. The van der Waals surface area contributed by atoms with Gasteiger partial charge in [0.2, 0.25) is 5.91 Å². The number of rotatable bonds is 6. The van der Waals surface area contributed by atoms with Gasteiger partial charge in [-0.05, 0) is 72.6 Å². The van der Waals surface area contributed by atoms with E-state index in [-0.39, 0.29) is 22.8 Å². The lowest BCUT2D eigenvalue weighted by molar-refractivity contribution is -0.161. The molecule has 5 heteroatoms. The second-order valence-corrected chi connectivity index (χ2v) is 12.9. The SMILES string of the molecule is CC(C)C1=CN(C23CCC(C(=O)O)(C2)C3)C(=O)C[C@@]1(C)c1ccc(CCC(C)(C)C)c(Cl)c1. The number of hydrogen-bond acceptors (Lipinski definition) is 2. The number of fused-ring (bicyclic) bond motifs is 1. The minimum atomic E-state index is -0.709. The summed E-state index contributed by atoms with van der Waals surface area (Å²) < 4.78 is 0. The number of allylic oxidation sites excluding steroid dienone is 1. The van der Waals surface area contributed by atoms with Gasteiger partial charge < -0.3 is 10.0 Å². The molecule has 4 aliphatic rings. The molecule has 180 valence electrons. The van der Waals surface area contributed by atoms with Crippen molar-refractivity contribution >= 4 is 23.5 Å². The second-order valence-electron chi connectivity index (χ2n) is 12.5. The smallest absolute Gasteiger partial charge is 0.309 e. The Labute approximate surface area is 203 Å². The summed E-state index contributed by atoms with van der Waals surface area (Å²) >= 11 is 6.74. The van der Waals surface area contributed by atoms with Gasteiger partial charge in [0.1, 0.15) is 0 Å². The van der Waals surface area contributed by atoms with Crippen molar-refractivity contribution in [1.29, 1.82) is 0 Å². The van der Waals surface area contributed by atoms with Crippen LogP contribution in [0, 0.1) is 16.7 Å². The number of carbonyl (C=O) groups is 2. The number of carbonyl (C=O) groups excluding carboxylic acids is 1. The van der Waals surface area contributed by atoms with Crippen molar-refractivity contribution < 1.29 is 14.7 Å². The lowest BCUT2D eigenvalue weighted by Gasteiger charge is -2.53. The molecule has 1 aromatic carbocycles. The van der Waals surface area contributed by atoms with Crippen molar-refractivity contribution in [3.63, 3.8) is 0 Å². The average molecular weight is 472 g/mol. The highest BCUT2D eigenvalue weighted by molar-refractivity contribution is 6.31. The van der Waals surface area contributed by atoms with E-state index in [0.717, 1.165) is 35.4 Å². The summed E-state index contributed by atoms with van der Waals surface area (Å²) in [5, 5.41) is 10.4. The second kappa shape index (κ2) is 7.86. The van der Waals surface area contributed by atoms with E-state index in [2.05, 4.69) is 65.9 Å². The summed E-state index contributed by atoms with van der Waals surface area (Å²) in [6.45, 7) is 13.2. The topological polar surface area (TPSA) is 57.6 Å². The fourth-order valence-corrected chi connectivity index (χ4v) is 6.76. The first-order valence-corrected chi connectivity index (χ1v) is 12.7. The normalized spacial score (nSPS) is 31.6. The lowest BCUT2D eigenvalue weighted by Crippen LogP contribution is -2.60. The monoisotopic (exact) mass is 471 g/mol. The number of nitrogens with zero attached hydrogens (tertiary/aromatic N) is 1. The van der Waals surface area contributed by atoms with Gasteiger partial charge in [0, 0.05) is 28.6 Å². The first-order chi connectivity index (χ1) is 15.2. The van der Waals surface area contributed by atoms with Crippen molar-refractivity contribution in [2.75, 3.05) is 0 Å². The number of hydrogen-bond donors (Lipinski definition) is 1. The molecule has 3 fully saturated rings. The van der Waals surface area contributed by atoms with E-state index in [4.69, 9.17) is 11.6 Å². The molecular weight excluding hydrogens is 434 g/mol. The van der Waals surface area contributed by atoms with E-state index in [1.165, 1.54) is 5.57 Å². The Balaban J connectivity index is 1.65. The number of halogens is 1. The number of aliphatic carboxylic acids is 1. The molecule has 33 heavy (non-hydrogen) atoms. The van der Waals surface area contributed by atoms with E-state index in [9.17, 15) is 14.7 Å². The predicted molar refractivity (Wildman–Crippen MR) is 132 cm³/mol. The third-order valence-electron chi connectivity index (χ3n) is 8.50. The Morgan fingerprint density at radius 1 is 1.21 bits per heavy atom. The van der Waals surface area contributed by atoms with Crippen molar-refractivity contribution in [3.8, 4) is 0 Å². The van der Waals surface area contributed by atoms with Crippen LogP contribution in [0.25, 0.3) is 0 Å². The van der Waals surface area contributed by atoms with Crippen LogP contribution in [0.1, 0.15) is 91.2 Å². The molecule has 0 spiro atoms. The molecule has 1 aliphatic heterocycles. The van der Waals surface area contributed by atoms with Crippen LogP contribution in [-0.4, -0.2) is 27.4 Å². The Hall–Kier alpha value is -1.81. The van der Waals surface area contributed by atoms with Gasteiger partial charge in [0.25, 0.3) is 0 Å². The van der Waals surface area contributed by atoms with Gasteiger partial charge in [-0.15, -0.1) is 0 Å². The van der Waals surface area contributed by atoms with E-state index in [1.807, 2.05) is 4.90 Å². The first kappa shape index (κ1) is 24.3. The highest BCUT2D eigenvalue weighted by atomic mass is 35.5. The van der Waals surface area contributed by atoms with Crippen LogP contribution in [0.5, 0.6) is 0 Å². The molecular formula is C28H38ClNO3. The summed E-state index contributed by atoms with van der Waals surface area (Å²) in [7, 11) is 0. The minimum Gasteiger partial charge on any atom is -0.481 e. The summed E-state index contributed by atoms with van der Waals surface area (Å²) in [6, 6.07) is 6.34.